The third kappa shape index (κ3) is 5.23. The molecule has 0 amide bonds. The molecule has 0 saturated heterocycles. The van der Waals surface area contributed by atoms with Gasteiger partial charge in [0.05, 0.1) is 5.57 Å². The van der Waals surface area contributed by atoms with Gasteiger partial charge in [0.25, 0.3) is 0 Å². The fourth-order valence-corrected chi connectivity index (χ4v) is 2.93. The number of hydrogen-bond acceptors (Lipinski definition) is 3. The van der Waals surface area contributed by atoms with Crippen LogP contribution in [0.15, 0.2) is 48.0 Å². The molecule has 27 heavy (non-hydrogen) atoms. The first-order valence-corrected chi connectivity index (χ1v) is 9.13. The minimum absolute atomic E-state index is 0.104. The van der Waals surface area contributed by atoms with Crippen LogP contribution in [0.4, 0.5) is 0 Å². The van der Waals surface area contributed by atoms with Crippen molar-refractivity contribution in [3.05, 3.63) is 53.6 Å². The zero-order chi connectivity index (χ0) is 18.9. The highest BCUT2D eigenvalue weighted by atomic mass is 16.6. The molecule has 3 nitrogen and oxygen atoms in total. The molecular formula is C24H22O3. The number of benzene rings is 2. The molecule has 136 valence electrons. The molecule has 1 aliphatic carbocycles. The van der Waals surface area contributed by atoms with Crippen LogP contribution in [-0.4, -0.2) is 25.8 Å². The van der Waals surface area contributed by atoms with Gasteiger partial charge in [-0.05, 0) is 35.3 Å². The van der Waals surface area contributed by atoms with Crippen LogP contribution < -0.4 is 0 Å². The number of rotatable bonds is 4. The van der Waals surface area contributed by atoms with Gasteiger partial charge < -0.3 is 9.47 Å². The molecule has 0 N–H and O–H groups in total. The predicted octanol–water partition coefficient (Wildman–Crippen LogP) is 4.36. The molecule has 0 heterocycles. The number of hydrogen-bond donors (Lipinski definition) is 0. The lowest BCUT2D eigenvalue weighted by atomic mass is 10.00. The van der Waals surface area contributed by atoms with Crippen molar-refractivity contribution in [1.29, 1.82) is 0 Å². The Morgan fingerprint density at radius 2 is 1.89 bits per heavy atom. The van der Waals surface area contributed by atoms with Gasteiger partial charge in [0.15, 0.2) is 6.10 Å². The molecule has 3 rings (SSSR count). The Balaban J connectivity index is 2.04. The van der Waals surface area contributed by atoms with Crippen molar-refractivity contribution in [2.24, 2.45) is 0 Å². The van der Waals surface area contributed by atoms with E-state index in [-0.39, 0.29) is 6.61 Å². The van der Waals surface area contributed by atoms with Crippen molar-refractivity contribution < 1.29 is 14.3 Å². The van der Waals surface area contributed by atoms with Gasteiger partial charge in [-0.25, -0.2) is 4.79 Å². The maximum atomic E-state index is 12.0. The molecular weight excluding hydrogens is 336 g/mol. The molecule has 0 aromatic heterocycles. The summed E-state index contributed by atoms with van der Waals surface area (Å²) in [5.41, 5.74) is 1.73. The summed E-state index contributed by atoms with van der Waals surface area (Å²) in [4.78, 5) is 12.0. The van der Waals surface area contributed by atoms with Gasteiger partial charge in [-0.15, -0.1) is 0 Å². The van der Waals surface area contributed by atoms with E-state index < -0.39 is 12.1 Å². The van der Waals surface area contributed by atoms with Gasteiger partial charge >= 0.3 is 5.97 Å². The third-order valence-electron chi connectivity index (χ3n) is 4.25. The molecule has 0 bridgehead atoms. The fraction of sp³-hybridized carbons (Fsp3) is 0.292. The first-order chi connectivity index (χ1) is 13.3. The topological polar surface area (TPSA) is 35.5 Å². The van der Waals surface area contributed by atoms with E-state index in [2.05, 4.69) is 41.9 Å². The van der Waals surface area contributed by atoms with E-state index >= 15 is 0 Å². The summed E-state index contributed by atoms with van der Waals surface area (Å²) in [6.45, 7) is -0.104. The predicted molar refractivity (Wildman–Crippen MR) is 108 cm³/mol. The Labute approximate surface area is 160 Å². The maximum absolute atomic E-state index is 12.0. The van der Waals surface area contributed by atoms with Crippen molar-refractivity contribution in [1.82, 2.24) is 0 Å². The quantitative estimate of drug-likeness (QED) is 0.602. The van der Waals surface area contributed by atoms with Crippen LogP contribution in [-0.2, 0) is 14.3 Å². The van der Waals surface area contributed by atoms with Crippen LogP contribution in [0.2, 0.25) is 0 Å². The lowest BCUT2D eigenvalue weighted by Crippen LogP contribution is -2.21. The maximum Gasteiger partial charge on any atom is 0.333 e. The van der Waals surface area contributed by atoms with E-state index in [0.29, 0.717) is 5.57 Å². The summed E-state index contributed by atoms with van der Waals surface area (Å²) in [5, 5.41) is 2.28. The lowest BCUT2D eigenvalue weighted by molar-refractivity contribution is -0.149. The Morgan fingerprint density at radius 1 is 1.11 bits per heavy atom. The summed E-state index contributed by atoms with van der Waals surface area (Å²) in [7, 11) is 1.47. The van der Waals surface area contributed by atoms with Crippen molar-refractivity contribution in [2.45, 2.75) is 31.8 Å². The number of carbonyl (C=O) groups is 1. The largest absolute Gasteiger partial charge is 0.442 e. The van der Waals surface area contributed by atoms with Gasteiger partial charge in [0.2, 0.25) is 0 Å². The van der Waals surface area contributed by atoms with E-state index in [9.17, 15) is 4.79 Å². The molecule has 2 aromatic carbocycles. The van der Waals surface area contributed by atoms with Crippen LogP contribution in [0.5, 0.6) is 0 Å². The molecule has 2 aromatic rings. The van der Waals surface area contributed by atoms with E-state index in [1.807, 2.05) is 30.3 Å². The molecule has 1 aliphatic rings. The summed E-state index contributed by atoms with van der Waals surface area (Å²) in [6.07, 6.45) is 4.92. The van der Waals surface area contributed by atoms with Crippen molar-refractivity contribution in [3.8, 4) is 23.7 Å². The fourth-order valence-electron chi connectivity index (χ4n) is 2.93. The molecule has 0 radical (unpaired) electrons. The molecule has 0 fully saturated rings. The molecule has 1 atom stereocenters. The second-order valence-corrected chi connectivity index (χ2v) is 6.30. The van der Waals surface area contributed by atoms with Crippen LogP contribution in [0.1, 0.15) is 31.2 Å². The minimum Gasteiger partial charge on any atom is -0.442 e. The van der Waals surface area contributed by atoms with Crippen molar-refractivity contribution in [2.75, 3.05) is 13.7 Å². The lowest BCUT2D eigenvalue weighted by Gasteiger charge is -2.13. The van der Waals surface area contributed by atoms with Crippen LogP contribution in [0, 0.1) is 23.7 Å². The normalized spacial score (nSPS) is 18.1. The first-order valence-electron chi connectivity index (χ1n) is 9.13. The van der Waals surface area contributed by atoms with Gasteiger partial charge in [-0.1, -0.05) is 66.1 Å². The Kier molecular flexibility index (Phi) is 6.69. The highest BCUT2D eigenvalue weighted by Crippen LogP contribution is 2.22. The number of methoxy groups -OCH3 is 1. The molecule has 0 spiro atoms. The zero-order valence-electron chi connectivity index (χ0n) is 15.5. The molecule has 0 saturated carbocycles. The Bertz CT molecular complexity index is 958. The smallest absolute Gasteiger partial charge is 0.333 e. The van der Waals surface area contributed by atoms with Crippen molar-refractivity contribution >= 4 is 22.8 Å². The highest BCUT2D eigenvalue weighted by molar-refractivity contribution is 5.91. The SMILES string of the molecule is COCC(=O)OC1C#CCCCCC#C/C1=C\c1cccc2ccccc12. The van der Waals surface area contributed by atoms with Gasteiger partial charge in [-0.3, -0.25) is 0 Å². The number of esters is 1. The van der Waals surface area contributed by atoms with E-state index in [4.69, 9.17) is 9.47 Å². The second-order valence-electron chi connectivity index (χ2n) is 6.30. The minimum atomic E-state index is -0.683. The Morgan fingerprint density at radius 3 is 2.74 bits per heavy atom. The third-order valence-corrected chi connectivity index (χ3v) is 4.25. The first kappa shape index (κ1) is 18.8. The Hall–Kier alpha value is -3.01. The zero-order valence-corrected chi connectivity index (χ0v) is 15.5. The van der Waals surface area contributed by atoms with Crippen LogP contribution in [0.25, 0.3) is 16.8 Å². The summed E-state index contributed by atoms with van der Waals surface area (Å²) in [6, 6.07) is 14.3. The number of fused-ring (bicyclic) bond motifs is 1. The monoisotopic (exact) mass is 358 g/mol. The van der Waals surface area contributed by atoms with Gasteiger partial charge in [-0.2, -0.15) is 0 Å². The van der Waals surface area contributed by atoms with Gasteiger partial charge in [0.1, 0.15) is 6.61 Å². The average Bonchev–Trinajstić information content (AvgIpc) is 2.68. The molecule has 3 heteroatoms. The van der Waals surface area contributed by atoms with E-state index in [0.717, 1.165) is 42.0 Å². The van der Waals surface area contributed by atoms with Gasteiger partial charge in [0, 0.05) is 20.0 Å². The summed E-state index contributed by atoms with van der Waals surface area (Å²) in [5.74, 6) is 12.2. The molecule has 1 unspecified atom stereocenters. The second kappa shape index (κ2) is 9.62. The number of ether oxygens (including phenoxy) is 2. The van der Waals surface area contributed by atoms with Crippen LogP contribution >= 0.6 is 0 Å². The molecule has 0 aliphatic heterocycles. The average molecular weight is 358 g/mol. The van der Waals surface area contributed by atoms with Crippen LogP contribution in [0.3, 0.4) is 0 Å². The summed E-state index contributed by atoms with van der Waals surface area (Å²) < 4.78 is 10.4. The summed E-state index contributed by atoms with van der Waals surface area (Å²) >= 11 is 0. The standard InChI is InChI=1S/C24H22O3/c1-26-18-24(25)27-23-16-7-5-3-2-4-6-12-21(23)17-20-14-10-13-19-11-8-9-15-22(19)20/h8-11,13-15,17,23H,2-5,18H2,1H3/b21-17+. The number of carbonyl (C=O) groups excluding carboxylic acids is 1. The van der Waals surface area contributed by atoms with Crippen molar-refractivity contribution in [3.63, 3.8) is 0 Å². The van der Waals surface area contributed by atoms with E-state index in [1.54, 1.807) is 0 Å². The van der Waals surface area contributed by atoms with E-state index in [1.165, 1.54) is 7.11 Å². The highest BCUT2D eigenvalue weighted by Gasteiger charge is 2.17.